The van der Waals surface area contributed by atoms with E-state index in [1.165, 1.54) is 73.9 Å². The number of fused-ring (bicyclic) bond motifs is 1. The van der Waals surface area contributed by atoms with Crippen molar-refractivity contribution in [1.82, 2.24) is 35.2 Å². The molecule has 7 rings (SSSR count). The molecular weight excluding hydrogens is 1050 g/mol. The van der Waals surface area contributed by atoms with Crippen molar-refractivity contribution in [2.75, 3.05) is 26.3 Å². The Hall–Kier alpha value is -5.38. The number of amides is 4. The lowest BCUT2D eigenvalue weighted by Gasteiger charge is -2.53. The molecule has 0 bridgehead atoms. The highest BCUT2D eigenvalue weighted by Gasteiger charge is 2.49. The van der Waals surface area contributed by atoms with Crippen molar-refractivity contribution in [2.45, 2.75) is 267 Å². The van der Waals surface area contributed by atoms with E-state index in [-0.39, 0.29) is 69.7 Å². The number of esters is 1. The van der Waals surface area contributed by atoms with Crippen molar-refractivity contribution < 1.29 is 38.6 Å². The van der Waals surface area contributed by atoms with Crippen LogP contribution < -0.4 is 5.32 Å². The fourth-order valence-corrected chi connectivity index (χ4v) is 12.9. The van der Waals surface area contributed by atoms with Gasteiger partial charge in [-0.25, -0.2) is 4.79 Å². The monoisotopic (exact) mass is 1160 g/mol. The molecule has 3 saturated heterocycles. The molecule has 0 saturated carbocycles. The van der Waals surface area contributed by atoms with Crippen LogP contribution in [0.4, 0.5) is 4.79 Å². The van der Waals surface area contributed by atoms with E-state index in [1.54, 1.807) is 6.92 Å². The number of hydroxylamine groups is 2. The number of ether oxygens (including phenoxy) is 2. The van der Waals surface area contributed by atoms with Gasteiger partial charge in [-0.2, -0.15) is 5.06 Å². The number of phenols is 1. The van der Waals surface area contributed by atoms with Crippen LogP contribution in [0.5, 0.6) is 5.75 Å². The number of imide groups is 1. The summed E-state index contributed by atoms with van der Waals surface area (Å²) in [7, 11) is 0. The Balaban J connectivity index is 0.000000310. The molecule has 468 valence electrons. The Morgan fingerprint density at radius 2 is 1.15 bits per heavy atom. The van der Waals surface area contributed by atoms with Gasteiger partial charge in [0.25, 0.3) is 5.91 Å². The smallest absolute Gasteiger partial charge is 0.325 e. The van der Waals surface area contributed by atoms with Gasteiger partial charge in [-0.05, 0) is 109 Å². The minimum Gasteiger partial charge on any atom is -0.505 e. The number of hydrogen-bond acceptors (Lipinski definition) is 11. The van der Waals surface area contributed by atoms with E-state index in [9.17, 15) is 24.3 Å². The van der Waals surface area contributed by atoms with E-state index in [0.29, 0.717) is 25.1 Å². The molecule has 1 unspecified atom stereocenters. The van der Waals surface area contributed by atoms with Gasteiger partial charge in [0.1, 0.15) is 34.6 Å². The Labute approximate surface area is 505 Å². The van der Waals surface area contributed by atoms with Crippen LogP contribution >= 0.6 is 0 Å². The number of unbranched alkanes of at least 4 members (excludes halogenated alkanes) is 15. The lowest BCUT2D eigenvalue weighted by atomic mass is 9.68. The number of hydrogen-bond donors (Lipinski definition) is 2. The van der Waals surface area contributed by atoms with Gasteiger partial charge in [0.2, 0.25) is 5.91 Å². The predicted molar refractivity (Wildman–Crippen MR) is 338 cm³/mol. The number of nitrogens with one attached hydrogen (secondary N) is 1. The fourth-order valence-electron chi connectivity index (χ4n) is 12.9. The van der Waals surface area contributed by atoms with E-state index in [2.05, 4.69) is 94.7 Å². The van der Waals surface area contributed by atoms with Crippen molar-refractivity contribution in [3.8, 4) is 11.4 Å². The molecule has 4 aromatic rings. The highest BCUT2D eigenvalue weighted by atomic mass is 16.7. The maximum atomic E-state index is 13.3. The van der Waals surface area contributed by atoms with Crippen LogP contribution in [0.15, 0.2) is 66.7 Å². The van der Waals surface area contributed by atoms with Crippen LogP contribution in [0.3, 0.4) is 0 Å². The summed E-state index contributed by atoms with van der Waals surface area (Å²) < 4.78 is 12.5. The molecule has 3 fully saturated rings. The van der Waals surface area contributed by atoms with Crippen molar-refractivity contribution in [2.24, 2.45) is 10.8 Å². The highest BCUT2D eigenvalue weighted by Crippen LogP contribution is 2.43. The van der Waals surface area contributed by atoms with Crippen LogP contribution in [-0.4, -0.2) is 114 Å². The van der Waals surface area contributed by atoms with Gasteiger partial charge >= 0.3 is 12.0 Å². The highest BCUT2D eigenvalue weighted by molar-refractivity contribution is 6.03. The SMILES string of the molecule is CC1C(=O)NC(=O)N1Cc1ccccc1.CCCCCCCCOC1C(C)(C)CN(C(=O)CCCCCCCCC(=O)OC2CC(C)(C)N(OCCCCCCCC)C(C)(C)C2)CC1(C)C.Cc1cc(C)c(O)c(-n2nc3ccccc3n2)c1. The third kappa shape index (κ3) is 21.5. The first-order valence-corrected chi connectivity index (χ1v) is 32.2. The summed E-state index contributed by atoms with van der Waals surface area (Å²) in [5.74, 6) is 0.215. The summed E-state index contributed by atoms with van der Waals surface area (Å²) in [4.78, 5) is 60.1. The number of piperidine rings is 2. The average Bonchev–Trinajstić information content (AvgIpc) is 1.68. The minimum absolute atomic E-state index is 0.0636. The molecule has 84 heavy (non-hydrogen) atoms. The number of nitrogens with zero attached hydrogens (tertiary/aromatic N) is 6. The fraction of sp³-hybridized carbons (Fsp3) is 0.681. The number of aromatic hydroxyl groups is 1. The van der Waals surface area contributed by atoms with Crippen LogP contribution in [0, 0.1) is 24.7 Å². The minimum atomic E-state index is -0.377. The zero-order chi connectivity index (χ0) is 61.5. The molecule has 4 heterocycles. The second-order valence-electron chi connectivity index (χ2n) is 26.9. The van der Waals surface area contributed by atoms with Crippen LogP contribution in [0.25, 0.3) is 16.7 Å². The lowest BCUT2D eigenvalue weighted by Crippen LogP contribution is -2.62. The second-order valence-corrected chi connectivity index (χ2v) is 26.9. The number of urea groups is 1. The quantitative estimate of drug-likeness (QED) is 0.0301. The second kappa shape index (κ2) is 33.5. The van der Waals surface area contributed by atoms with Gasteiger partial charge in [-0.3, -0.25) is 24.5 Å². The van der Waals surface area contributed by atoms with Gasteiger partial charge in [0.05, 0.1) is 12.7 Å². The Morgan fingerprint density at radius 1 is 0.655 bits per heavy atom. The normalized spacial score (nSPS) is 18.5. The zero-order valence-electron chi connectivity index (χ0n) is 54.2. The first kappa shape index (κ1) is 69.4. The summed E-state index contributed by atoms with van der Waals surface area (Å²) in [6.07, 6.45) is 24.0. The number of benzene rings is 3. The van der Waals surface area contributed by atoms with Crippen molar-refractivity contribution in [3.05, 3.63) is 83.4 Å². The van der Waals surface area contributed by atoms with E-state index in [0.717, 1.165) is 118 Å². The topological polar surface area (TPSA) is 169 Å². The van der Waals surface area contributed by atoms with Crippen molar-refractivity contribution in [3.63, 3.8) is 0 Å². The number of aromatic nitrogens is 3. The summed E-state index contributed by atoms with van der Waals surface area (Å²) in [5.41, 5.74) is 4.65. The number of phenolic OH excluding ortho intramolecular Hbond substituents is 1. The summed E-state index contributed by atoms with van der Waals surface area (Å²) in [6, 6.07) is 20.4. The third-order valence-electron chi connectivity index (χ3n) is 16.8. The third-order valence-corrected chi connectivity index (χ3v) is 16.8. The molecule has 0 spiro atoms. The first-order chi connectivity index (χ1) is 39.9. The molecular formula is C69H109N7O8. The summed E-state index contributed by atoms with van der Waals surface area (Å²) >= 11 is 0. The molecule has 15 nitrogen and oxygen atoms in total. The van der Waals surface area contributed by atoms with E-state index in [1.807, 2.05) is 80.6 Å². The number of carbonyl (C=O) groups excluding carboxylic acids is 4. The Morgan fingerprint density at radius 3 is 1.69 bits per heavy atom. The van der Waals surface area contributed by atoms with Crippen LogP contribution in [0.2, 0.25) is 0 Å². The van der Waals surface area contributed by atoms with E-state index < -0.39 is 0 Å². The molecule has 3 aliphatic heterocycles. The molecule has 1 aromatic heterocycles. The Kier molecular flexibility index (Phi) is 27.7. The summed E-state index contributed by atoms with van der Waals surface area (Å²) in [5, 5.41) is 23.3. The van der Waals surface area contributed by atoms with E-state index >= 15 is 0 Å². The Bertz CT molecular complexity index is 2580. The molecule has 0 aliphatic carbocycles. The average molecular weight is 1160 g/mol. The lowest BCUT2D eigenvalue weighted by molar-refractivity contribution is -0.293. The molecule has 4 amide bonds. The van der Waals surface area contributed by atoms with Gasteiger partial charge < -0.3 is 24.4 Å². The number of carbonyl (C=O) groups is 4. The molecule has 1 atom stereocenters. The van der Waals surface area contributed by atoms with Crippen LogP contribution in [0.1, 0.15) is 234 Å². The molecule has 3 aromatic carbocycles. The number of rotatable bonds is 29. The maximum absolute atomic E-state index is 13.3. The maximum Gasteiger partial charge on any atom is 0.325 e. The van der Waals surface area contributed by atoms with Gasteiger partial charge in [-0.15, -0.1) is 15.0 Å². The number of aryl methyl sites for hydroxylation is 2. The van der Waals surface area contributed by atoms with Gasteiger partial charge in [-0.1, -0.05) is 180 Å². The first-order valence-electron chi connectivity index (χ1n) is 32.2. The van der Waals surface area contributed by atoms with Gasteiger partial charge in [0, 0.05) is 73.8 Å². The zero-order valence-corrected chi connectivity index (χ0v) is 54.2. The standard InChI is InChI=1S/C44H84N2O5.C14H13N3O.C11H12N2O2/c1-11-13-15-17-23-27-31-49-40-41(3,4)35-45(36-42(40,5)6)38(47)29-25-21-19-20-22-26-30-39(48)51-37-33-43(7,8)46(44(9,10)34-37)50-32-28-24-18-16-14-12-2;1-9-7-10(2)14(18)13(8-9)17-15-11-5-3-4-6-12(11)16-17;1-8-10(14)12-11(15)13(8)7-9-5-3-2-4-6-9/h37,40H,11-36H2,1-10H3;3-8,18H,1-2H3;2-6,8H,7H2,1H3,(H,12,14,15). The molecule has 0 radical (unpaired) electrons. The van der Waals surface area contributed by atoms with Gasteiger partial charge in [0.15, 0.2) is 0 Å². The predicted octanol–water partition coefficient (Wildman–Crippen LogP) is 15.5. The van der Waals surface area contributed by atoms with Crippen molar-refractivity contribution >= 4 is 34.8 Å². The molecule has 2 N–H and O–H groups in total. The van der Waals surface area contributed by atoms with Crippen molar-refractivity contribution in [1.29, 1.82) is 0 Å². The molecule has 3 aliphatic rings. The molecule has 15 heteroatoms. The van der Waals surface area contributed by atoms with Crippen LogP contribution in [-0.2, 0) is 35.2 Å². The number of likely N-dealkylation sites (tertiary alicyclic amines) is 1. The largest absolute Gasteiger partial charge is 0.505 e. The van der Waals surface area contributed by atoms with E-state index in [4.69, 9.17) is 14.3 Å². The summed E-state index contributed by atoms with van der Waals surface area (Å²) in [6.45, 7) is 31.6.